The number of hydrogen-bond donors (Lipinski definition) is 0. The Morgan fingerprint density at radius 1 is 1.40 bits per heavy atom. The van der Waals surface area contributed by atoms with Gasteiger partial charge in [0.15, 0.2) is 0 Å². The molecule has 1 heterocycles. The van der Waals surface area contributed by atoms with Crippen LogP contribution in [0.3, 0.4) is 0 Å². The second-order valence-corrected chi connectivity index (χ2v) is 6.31. The lowest BCUT2D eigenvalue weighted by Gasteiger charge is -2.58. The summed E-state index contributed by atoms with van der Waals surface area (Å²) in [5, 5.41) is 0. The summed E-state index contributed by atoms with van der Waals surface area (Å²) in [6.07, 6.45) is 2.41. The third kappa shape index (κ3) is 2.15. The standard InChI is InChI=1S/C9H15NO4S/c1-7(11)10-5-9(6-10)3-8(4-9)14-15(2,12)13/h8H,3-6H2,1-2H3. The van der Waals surface area contributed by atoms with E-state index in [0.717, 1.165) is 32.2 Å². The van der Waals surface area contributed by atoms with E-state index in [1.807, 2.05) is 0 Å². The summed E-state index contributed by atoms with van der Waals surface area (Å²) >= 11 is 0. The molecule has 1 amide bonds. The molecule has 1 spiro atoms. The van der Waals surface area contributed by atoms with Crippen molar-refractivity contribution in [1.29, 1.82) is 0 Å². The van der Waals surface area contributed by atoms with E-state index in [2.05, 4.69) is 0 Å². The molecule has 0 radical (unpaired) electrons. The summed E-state index contributed by atoms with van der Waals surface area (Å²) < 4.78 is 26.5. The van der Waals surface area contributed by atoms with Gasteiger partial charge in [0.2, 0.25) is 5.91 Å². The van der Waals surface area contributed by atoms with Gasteiger partial charge < -0.3 is 4.90 Å². The van der Waals surface area contributed by atoms with Gasteiger partial charge in [-0.1, -0.05) is 0 Å². The number of likely N-dealkylation sites (tertiary alicyclic amines) is 1. The van der Waals surface area contributed by atoms with Crippen LogP contribution in [0.25, 0.3) is 0 Å². The maximum absolute atomic E-state index is 11.0. The van der Waals surface area contributed by atoms with Gasteiger partial charge in [-0.15, -0.1) is 0 Å². The van der Waals surface area contributed by atoms with Crippen LogP contribution in [0.2, 0.25) is 0 Å². The number of amides is 1. The van der Waals surface area contributed by atoms with E-state index >= 15 is 0 Å². The minimum absolute atomic E-state index is 0.0908. The van der Waals surface area contributed by atoms with Crippen molar-refractivity contribution in [3.05, 3.63) is 0 Å². The Bertz CT molecular complexity index is 375. The smallest absolute Gasteiger partial charge is 0.264 e. The molecular formula is C9H15NO4S. The van der Waals surface area contributed by atoms with Gasteiger partial charge in [0, 0.05) is 25.4 Å². The summed E-state index contributed by atoms with van der Waals surface area (Å²) in [6, 6.07) is 0. The lowest BCUT2D eigenvalue weighted by Crippen LogP contribution is -2.65. The molecule has 0 aromatic carbocycles. The molecule has 2 fully saturated rings. The van der Waals surface area contributed by atoms with Gasteiger partial charge in [-0.05, 0) is 12.8 Å². The first-order chi connectivity index (χ1) is 6.80. The fourth-order valence-electron chi connectivity index (χ4n) is 2.47. The van der Waals surface area contributed by atoms with Crippen molar-refractivity contribution in [3.8, 4) is 0 Å². The first kappa shape index (κ1) is 10.9. The average molecular weight is 233 g/mol. The molecule has 6 heteroatoms. The lowest BCUT2D eigenvalue weighted by molar-refractivity contribution is -0.157. The highest BCUT2D eigenvalue weighted by Gasteiger charge is 2.54. The molecule has 0 N–H and O–H groups in total. The van der Waals surface area contributed by atoms with Gasteiger partial charge in [-0.25, -0.2) is 0 Å². The molecule has 0 atom stereocenters. The van der Waals surface area contributed by atoms with E-state index in [0.29, 0.717) is 0 Å². The first-order valence-electron chi connectivity index (χ1n) is 4.93. The molecule has 0 aromatic rings. The topological polar surface area (TPSA) is 63.7 Å². The zero-order chi connectivity index (χ0) is 11.3. The van der Waals surface area contributed by atoms with Gasteiger partial charge in [0.25, 0.3) is 10.1 Å². The molecule has 5 nitrogen and oxygen atoms in total. The van der Waals surface area contributed by atoms with Crippen molar-refractivity contribution in [2.75, 3.05) is 19.3 Å². The molecule has 0 aromatic heterocycles. The molecule has 1 aliphatic heterocycles. The van der Waals surface area contributed by atoms with Gasteiger partial charge in [-0.2, -0.15) is 8.42 Å². The number of rotatable bonds is 2. The molecule has 0 bridgehead atoms. The largest absolute Gasteiger partial charge is 0.342 e. The Hall–Kier alpha value is -0.620. The molecule has 2 aliphatic rings. The van der Waals surface area contributed by atoms with Crippen LogP contribution in [-0.2, 0) is 19.1 Å². The summed E-state index contributed by atoms with van der Waals surface area (Å²) in [5.74, 6) is 0.0908. The summed E-state index contributed by atoms with van der Waals surface area (Å²) in [7, 11) is -3.33. The quantitative estimate of drug-likeness (QED) is 0.628. The zero-order valence-electron chi connectivity index (χ0n) is 8.89. The van der Waals surface area contributed by atoms with E-state index in [-0.39, 0.29) is 17.4 Å². The Balaban J connectivity index is 1.78. The highest BCUT2D eigenvalue weighted by molar-refractivity contribution is 7.86. The molecule has 1 saturated carbocycles. The average Bonchev–Trinajstić information content (AvgIpc) is 1.87. The van der Waals surface area contributed by atoms with Crippen molar-refractivity contribution < 1.29 is 17.4 Å². The SMILES string of the molecule is CC(=O)N1CC2(CC(OS(C)(=O)=O)C2)C1. The van der Waals surface area contributed by atoms with Crippen LogP contribution < -0.4 is 0 Å². The van der Waals surface area contributed by atoms with Crippen molar-refractivity contribution in [2.24, 2.45) is 5.41 Å². The van der Waals surface area contributed by atoms with Crippen LogP contribution in [-0.4, -0.2) is 44.7 Å². The monoisotopic (exact) mass is 233 g/mol. The number of hydrogen-bond acceptors (Lipinski definition) is 4. The normalized spacial score (nSPS) is 24.8. The number of carbonyl (C=O) groups excluding carboxylic acids is 1. The van der Waals surface area contributed by atoms with Crippen LogP contribution in [0, 0.1) is 5.41 Å². The predicted octanol–water partition coefficient (Wildman–Crippen LogP) is -0.0265. The lowest BCUT2D eigenvalue weighted by atomic mass is 9.62. The third-order valence-corrected chi connectivity index (χ3v) is 3.75. The second kappa shape index (κ2) is 3.18. The summed E-state index contributed by atoms with van der Waals surface area (Å²) in [5.41, 5.74) is 0.154. The van der Waals surface area contributed by atoms with Crippen molar-refractivity contribution in [2.45, 2.75) is 25.9 Å². The fourth-order valence-corrected chi connectivity index (χ4v) is 3.10. The van der Waals surface area contributed by atoms with Gasteiger partial charge >= 0.3 is 0 Å². The molecule has 1 aliphatic carbocycles. The number of nitrogens with zero attached hydrogens (tertiary/aromatic N) is 1. The van der Waals surface area contributed by atoms with Gasteiger partial charge in [0.1, 0.15) is 0 Å². The second-order valence-electron chi connectivity index (χ2n) is 4.71. The van der Waals surface area contributed by atoms with Crippen molar-refractivity contribution >= 4 is 16.0 Å². The summed E-state index contributed by atoms with van der Waals surface area (Å²) in [4.78, 5) is 12.7. The van der Waals surface area contributed by atoms with E-state index in [4.69, 9.17) is 4.18 Å². The summed E-state index contributed by atoms with van der Waals surface area (Å²) in [6.45, 7) is 3.06. The predicted molar refractivity (Wildman–Crippen MR) is 53.6 cm³/mol. The minimum atomic E-state index is -3.33. The van der Waals surface area contributed by atoms with Gasteiger partial charge in [0.05, 0.1) is 12.4 Å². The third-order valence-electron chi connectivity index (χ3n) is 3.13. The fraction of sp³-hybridized carbons (Fsp3) is 0.889. The van der Waals surface area contributed by atoms with Crippen LogP contribution in [0.5, 0.6) is 0 Å². The van der Waals surface area contributed by atoms with E-state index in [1.54, 1.807) is 11.8 Å². The molecule has 0 unspecified atom stereocenters. The van der Waals surface area contributed by atoms with E-state index in [9.17, 15) is 13.2 Å². The minimum Gasteiger partial charge on any atom is -0.342 e. The number of carbonyl (C=O) groups is 1. The maximum Gasteiger partial charge on any atom is 0.264 e. The molecule has 1 saturated heterocycles. The Labute approximate surface area is 89.5 Å². The van der Waals surface area contributed by atoms with Crippen LogP contribution in [0.1, 0.15) is 19.8 Å². The first-order valence-corrected chi connectivity index (χ1v) is 6.75. The van der Waals surface area contributed by atoms with Crippen molar-refractivity contribution in [3.63, 3.8) is 0 Å². The molecule has 2 rings (SSSR count). The maximum atomic E-state index is 11.0. The van der Waals surface area contributed by atoms with Crippen LogP contribution >= 0.6 is 0 Å². The van der Waals surface area contributed by atoms with Crippen LogP contribution in [0.15, 0.2) is 0 Å². The molecule has 15 heavy (non-hydrogen) atoms. The van der Waals surface area contributed by atoms with Crippen LogP contribution in [0.4, 0.5) is 0 Å². The highest BCUT2D eigenvalue weighted by Crippen LogP contribution is 2.49. The zero-order valence-corrected chi connectivity index (χ0v) is 9.71. The molecular weight excluding hydrogens is 218 g/mol. The Morgan fingerprint density at radius 3 is 2.33 bits per heavy atom. The molecule has 86 valence electrons. The Morgan fingerprint density at radius 2 is 1.93 bits per heavy atom. The van der Waals surface area contributed by atoms with Gasteiger partial charge in [-0.3, -0.25) is 8.98 Å². The highest BCUT2D eigenvalue weighted by atomic mass is 32.2. The van der Waals surface area contributed by atoms with E-state index < -0.39 is 10.1 Å². The Kier molecular flexibility index (Phi) is 2.31. The van der Waals surface area contributed by atoms with E-state index in [1.165, 1.54) is 0 Å². The van der Waals surface area contributed by atoms with Crippen molar-refractivity contribution in [1.82, 2.24) is 4.90 Å².